The molecule has 232 valence electrons. The molecule has 0 N–H and O–H groups in total. The molecule has 4 aromatic carbocycles. The summed E-state index contributed by atoms with van der Waals surface area (Å²) in [6.45, 7) is 10.6. The molecule has 7 heteroatoms. The third-order valence-electron chi connectivity index (χ3n) is 9.94. The molecule has 1 aliphatic carbocycles. The minimum atomic E-state index is -0.415. The van der Waals surface area contributed by atoms with Crippen molar-refractivity contribution in [3.8, 4) is 45.3 Å². The molecule has 6 nitrogen and oxygen atoms in total. The molecule has 1 fully saturated rings. The number of benzene rings is 4. The number of allylic oxidation sites excluding steroid dienone is 2. The van der Waals surface area contributed by atoms with Gasteiger partial charge in [-0.15, -0.1) is 0 Å². The minimum absolute atomic E-state index is 0.407. The number of aromatic nitrogens is 3. The molecule has 0 unspecified atom stereocenters. The number of hydrogen-bond donors (Lipinski definition) is 0. The Balaban J connectivity index is 1.30. The van der Waals surface area contributed by atoms with E-state index in [2.05, 4.69) is 89.2 Å². The number of rotatable bonds is 5. The Morgan fingerprint density at radius 1 is 0.596 bits per heavy atom. The Kier molecular flexibility index (Phi) is 7.01. The van der Waals surface area contributed by atoms with E-state index in [0.29, 0.717) is 17.5 Å². The van der Waals surface area contributed by atoms with Crippen LogP contribution < -0.4 is 0 Å². The highest BCUT2D eigenvalue weighted by Gasteiger charge is 2.53. The normalized spacial score (nSPS) is 16.9. The highest BCUT2D eigenvalue weighted by atomic mass is 16.7. The number of aryl methyl sites for hydroxylation is 1. The lowest BCUT2D eigenvalue weighted by molar-refractivity contribution is 0.00578. The molecule has 2 aliphatic rings. The SMILES string of the molecule is CC1=C(B2OC(C)(C)C(C)(C)O2)CCc2oc3cccc(-c4nc(-c5ccccc5)nc(-c5cccc(-c6ccccc6)c5)n4)c3c21. The molecule has 8 rings (SSSR count). The van der Waals surface area contributed by atoms with Crippen molar-refractivity contribution in [1.29, 1.82) is 0 Å². The van der Waals surface area contributed by atoms with Gasteiger partial charge in [0, 0.05) is 34.1 Å². The molecule has 0 amide bonds. The number of fused-ring (bicyclic) bond motifs is 3. The average Bonchev–Trinajstić information content (AvgIpc) is 3.58. The van der Waals surface area contributed by atoms with Crippen LogP contribution >= 0.6 is 0 Å². The maximum absolute atomic E-state index is 6.52. The largest absolute Gasteiger partial charge is 0.490 e. The summed E-state index contributed by atoms with van der Waals surface area (Å²) in [5.41, 5.74) is 8.36. The van der Waals surface area contributed by atoms with E-state index in [9.17, 15) is 0 Å². The van der Waals surface area contributed by atoms with Gasteiger partial charge in [-0.05, 0) is 75.3 Å². The number of hydrogen-bond acceptors (Lipinski definition) is 6. The van der Waals surface area contributed by atoms with Gasteiger partial charge >= 0.3 is 7.12 Å². The van der Waals surface area contributed by atoms with Crippen LogP contribution in [0.15, 0.2) is 113 Å². The van der Waals surface area contributed by atoms with Crippen LogP contribution in [0.2, 0.25) is 0 Å². The summed E-state index contributed by atoms with van der Waals surface area (Å²) in [6.07, 6.45) is 1.58. The molecule has 2 aromatic heterocycles. The van der Waals surface area contributed by atoms with E-state index in [1.807, 2.05) is 48.5 Å². The topological polar surface area (TPSA) is 70.3 Å². The van der Waals surface area contributed by atoms with Crippen molar-refractivity contribution in [2.45, 2.75) is 58.7 Å². The Morgan fingerprint density at radius 3 is 1.87 bits per heavy atom. The fraction of sp³-hybridized carbons (Fsp3) is 0.225. The number of furan rings is 1. The second kappa shape index (κ2) is 11.1. The van der Waals surface area contributed by atoms with Gasteiger partial charge in [0.1, 0.15) is 11.3 Å². The smallest absolute Gasteiger partial charge is 0.460 e. The Morgan fingerprint density at radius 2 is 1.17 bits per heavy atom. The van der Waals surface area contributed by atoms with Gasteiger partial charge in [-0.3, -0.25) is 0 Å². The predicted molar refractivity (Wildman–Crippen MR) is 188 cm³/mol. The third kappa shape index (κ3) is 5.11. The van der Waals surface area contributed by atoms with E-state index >= 15 is 0 Å². The molecule has 0 spiro atoms. The first-order chi connectivity index (χ1) is 22.7. The summed E-state index contributed by atoms with van der Waals surface area (Å²) in [6, 6.07) is 35.0. The molecule has 0 atom stereocenters. The van der Waals surface area contributed by atoms with Gasteiger partial charge in [-0.2, -0.15) is 0 Å². The fourth-order valence-corrected chi connectivity index (χ4v) is 6.64. The lowest BCUT2D eigenvalue weighted by Gasteiger charge is -2.32. The molecule has 1 aliphatic heterocycles. The Hall–Kier alpha value is -4.85. The van der Waals surface area contributed by atoms with Crippen molar-refractivity contribution in [3.63, 3.8) is 0 Å². The predicted octanol–water partition coefficient (Wildman–Crippen LogP) is 9.64. The second-order valence-electron chi connectivity index (χ2n) is 13.4. The van der Waals surface area contributed by atoms with E-state index in [4.69, 9.17) is 28.7 Å². The summed E-state index contributed by atoms with van der Waals surface area (Å²) >= 11 is 0. The van der Waals surface area contributed by atoms with Gasteiger partial charge < -0.3 is 13.7 Å². The van der Waals surface area contributed by atoms with E-state index < -0.39 is 18.3 Å². The summed E-state index contributed by atoms with van der Waals surface area (Å²) < 4.78 is 19.6. The molecule has 3 heterocycles. The zero-order chi connectivity index (χ0) is 32.3. The summed E-state index contributed by atoms with van der Waals surface area (Å²) in [4.78, 5) is 15.2. The van der Waals surface area contributed by atoms with E-state index in [-0.39, 0.29) is 0 Å². The lowest BCUT2D eigenvalue weighted by Crippen LogP contribution is -2.41. The van der Waals surface area contributed by atoms with Crippen LogP contribution in [-0.4, -0.2) is 33.3 Å². The fourth-order valence-electron chi connectivity index (χ4n) is 6.64. The summed E-state index contributed by atoms with van der Waals surface area (Å²) in [5.74, 6) is 2.81. The molecule has 0 radical (unpaired) electrons. The highest BCUT2D eigenvalue weighted by Crippen LogP contribution is 2.46. The average molecular weight is 618 g/mol. The molecule has 0 bridgehead atoms. The molecule has 1 saturated heterocycles. The zero-order valence-corrected chi connectivity index (χ0v) is 27.4. The molecule has 47 heavy (non-hydrogen) atoms. The van der Waals surface area contributed by atoms with E-state index in [0.717, 1.165) is 74.0 Å². The second-order valence-corrected chi connectivity index (χ2v) is 13.4. The maximum atomic E-state index is 6.52. The van der Waals surface area contributed by atoms with Crippen molar-refractivity contribution in [2.75, 3.05) is 0 Å². The van der Waals surface area contributed by atoms with E-state index in [1.54, 1.807) is 0 Å². The Bertz CT molecular complexity index is 2150. The molecule has 6 aromatic rings. The third-order valence-corrected chi connectivity index (χ3v) is 9.94. The van der Waals surface area contributed by atoms with Crippen LogP contribution in [0, 0.1) is 0 Å². The standard InChI is InChI=1S/C40H36BN3O3/c1-25-31(41-46-39(2,3)40(4,5)47-41)22-23-33-34(25)35-30(20-13-21-32(35)45-33)38-43-36(27-16-10-7-11-17-27)42-37(44-38)29-19-12-18-28(24-29)26-14-8-6-9-15-26/h6-21,24H,22-23H2,1-5H3. The molecule has 0 saturated carbocycles. The van der Waals surface area contributed by atoms with Crippen LogP contribution in [0.1, 0.15) is 52.4 Å². The van der Waals surface area contributed by atoms with E-state index in [1.165, 1.54) is 0 Å². The van der Waals surface area contributed by atoms with Crippen molar-refractivity contribution >= 4 is 23.7 Å². The van der Waals surface area contributed by atoms with Crippen molar-refractivity contribution in [3.05, 3.63) is 120 Å². The monoisotopic (exact) mass is 617 g/mol. The van der Waals surface area contributed by atoms with Crippen LogP contribution in [-0.2, 0) is 15.7 Å². The van der Waals surface area contributed by atoms with Gasteiger partial charge in [0.25, 0.3) is 0 Å². The van der Waals surface area contributed by atoms with Gasteiger partial charge in [0.05, 0.1) is 11.2 Å². The van der Waals surface area contributed by atoms with Crippen LogP contribution in [0.25, 0.3) is 61.8 Å². The van der Waals surface area contributed by atoms with Crippen LogP contribution in [0.3, 0.4) is 0 Å². The van der Waals surface area contributed by atoms with Crippen molar-refractivity contribution in [2.24, 2.45) is 0 Å². The van der Waals surface area contributed by atoms with Gasteiger partial charge in [-0.1, -0.05) is 91.0 Å². The minimum Gasteiger partial charge on any atom is -0.460 e. The molecular weight excluding hydrogens is 581 g/mol. The quantitative estimate of drug-likeness (QED) is 0.180. The highest BCUT2D eigenvalue weighted by molar-refractivity contribution is 6.56. The van der Waals surface area contributed by atoms with Crippen molar-refractivity contribution in [1.82, 2.24) is 15.0 Å². The van der Waals surface area contributed by atoms with Crippen molar-refractivity contribution < 1.29 is 13.7 Å². The van der Waals surface area contributed by atoms with Crippen LogP contribution in [0.5, 0.6) is 0 Å². The van der Waals surface area contributed by atoms with Gasteiger partial charge in [0.2, 0.25) is 0 Å². The first kappa shape index (κ1) is 29.6. The maximum Gasteiger partial charge on any atom is 0.490 e. The van der Waals surface area contributed by atoms with Gasteiger partial charge in [-0.25, -0.2) is 15.0 Å². The lowest BCUT2D eigenvalue weighted by atomic mass is 9.69. The van der Waals surface area contributed by atoms with Crippen LogP contribution in [0.4, 0.5) is 0 Å². The summed E-state index contributed by atoms with van der Waals surface area (Å²) in [5, 5.41) is 1.00. The molecular formula is C40H36BN3O3. The Labute approximate surface area is 275 Å². The summed E-state index contributed by atoms with van der Waals surface area (Å²) in [7, 11) is -0.407. The first-order valence-corrected chi connectivity index (χ1v) is 16.3. The number of nitrogens with zero attached hydrogens (tertiary/aromatic N) is 3. The van der Waals surface area contributed by atoms with Gasteiger partial charge in [0.15, 0.2) is 17.5 Å². The first-order valence-electron chi connectivity index (χ1n) is 16.3. The zero-order valence-electron chi connectivity index (χ0n) is 27.4.